The van der Waals surface area contributed by atoms with E-state index in [1.54, 1.807) is 24.5 Å². The van der Waals surface area contributed by atoms with Crippen molar-refractivity contribution in [2.45, 2.75) is 43.2 Å². The van der Waals surface area contributed by atoms with E-state index in [0.717, 1.165) is 25.9 Å². The van der Waals surface area contributed by atoms with Crippen LogP contribution in [0.2, 0.25) is 0 Å². The van der Waals surface area contributed by atoms with Gasteiger partial charge in [-0.15, -0.1) is 0 Å². The first-order valence-corrected chi connectivity index (χ1v) is 8.59. The van der Waals surface area contributed by atoms with Gasteiger partial charge in [0.15, 0.2) is 0 Å². The van der Waals surface area contributed by atoms with E-state index in [0.29, 0.717) is 24.8 Å². The number of carbonyl (C=O) groups is 1. The molecule has 1 aromatic rings. The Kier molecular flexibility index (Phi) is 4.49. The van der Waals surface area contributed by atoms with Crippen molar-refractivity contribution in [1.29, 1.82) is 0 Å². The Balaban J connectivity index is 1.28. The highest BCUT2D eigenvalue weighted by atomic mass is 16.6. The summed E-state index contributed by atoms with van der Waals surface area (Å²) in [4.78, 5) is 18.3. The van der Waals surface area contributed by atoms with Gasteiger partial charge in [-0.2, -0.15) is 0 Å². The van der Waals surface area contributed by atoms with Gasteiger partial charge in [0, 0.05) is 31.5 Å². The number of likely N-dealkylation sites (tertiary alicyclic amines) is 1. The molecule has 0 saturated carbocycles. The van der Waals surface area contributed by atoms with Crippen molar-refractivity contribution in [1.82, 2.24) is 15.2 Å². The van der Waals surface area contributed by atoms with Gasteiger partial charge in [-0.1, -0.05) is 0 Å². The molecule has 3 aliphatic heterocycles. The van der Waals surface area contributed by atoms with Crippen LogP contribution >= 0.6 is 0 Å². The van der Waals surface area contributed by atoms with Crippen LogP contribution in [0, 0.1) is 0 Å². The summed E-state index contributed by atoms with van der Waals surface area (Å²) < 4.78 is 11.3. The lowest BCUT2D eigenvalue weighted by molar-refractivity contribution is 0.0175. The topological polar surface area (TPSA) is 83.9 Å². The number of nitrogens with one attached hydrogen (secondary N) is 1. The lowest BCUT2D eigenvalue weighted by atomic mass is 10.0. The number of rotatable bonds is 3. The molecule has 4 atom stereocenters. The minimum atomic E-state index is -0.513. The Morgan fingerprint density at radius 1 is 1.25 bits per heavy atom. The van der Waals surface area contributed by atoms with Crippen molar-refractivity contribution in [2.75, 3.05) is 26.3 Å². The van der Waals surface area contributed by atoms with Gasteiger partial charge in [0.1, 0.15) is 18.3 Å². The van der Waals surface area contributed by atoms with Crippen molar-refractivity contribution in [3.63, 3.8) is 0 Å². The SMILES string of the molecule is O=C(c1cccnc1)N1CCC(N[C@H]2CO[C@H]3[C@@H]2OC[C@@H]3O)CC1. The van der Waals surface area contributed by atoms with Crippen LogP contribution in [0.3, 0.4) is 0 Å². The summed E-state index contributed by atoms with van der Waals surface area (Å²) >= 11 is 0. The van der Waals surface area contributed by atoms with Gasteiger partial charge in [0.05, 0.1) is 24.8 Å². The number of nitrogens with zero attached hydrogens (tertiary/aromatic N) is 2. The first-order chi connectivity index (χ1) is 11.7. The number of ether oxygens (including phenoxy) is 2. The summed E-state index contributed by atoms with van der Waals surface area (Å²) in [6.07, 6.45) is 4.33. The van der Waals surface area contributed by atoms with Crippen LogP contribution in [0.4, 0.5) is 0 Å². The van der Waals surface area contributed by atoms with Crippen LogP contribution in [-0.4, -0.2) is 77.6 Å². The van der Waals surface area contributed by atoms with E-state index in [-0.39, 0.29) is 24.2 Å². The highest BCUT2D eigenvalue weighted by Gasteiger charge is 2.47. The second-order valence-corrected chi connectivity index (χ2v) is 6.74. The van der Waals surface area contributed by atoms with Crippen molar-refractivity contribution in [3.05, 3.63) is 30.1 Å². The molecule has 4 rings (SSSR count). The molecule has 2 N–H and O–H groups in total. The molecule has 1 amide bonds. The zero-order valence-electron chi connectivity index (χ0n) is 13.5. The highest BCUT2D eigenvalue weighted by Crippen LogP contribution is 2.28. The van der Waals surface area contributed by atoms with Gasteiger partial charge in [-0.05, 0) is 25.0 Å². The largest absolute Gasteiger partial charge is 0.388 e. The molecule has 24 heavy (non-hydrogen) atoms. The van der Waals surface area contributed by atoms with E-state index in [1.165, 1.54) is 0 Å². The molecule has 7 nitrogen and oxygen atoms in total. The molecule has 4 heterocycles. The van der Waals surface area contributed by atoms with E-state index in [9.17, 15) is 9.90 Å². The number of piperidine rings is 1. The van der Waals surface area contributed by atoms with Crippen molar-refractivity contribution < 1.29 is 19.4 Å². The number of hydrogen-bond donors (Lipinski definition) is 2. The molecule has 0 radical (unpaired) electrons. The summed E-state index contributed by atoms with van der Waals surface area (Å²) in [6, 6.07) is 4.06. The summed E-state index contributed by atoms with van der Waals surface area (Å²) in [5, 5.41) is 13.4. The van der Waals surface area contributed by atoms with Crippen LogP contribution in [0.25, 0.3) is 0 Å². The smallest absolute Gasteiger partial charge is 0.255 e. The van der Waals surface area contributed by atoms with Crippen LogP contribution in [-0.2, 0) is 9.47 Å². The number of pyridine rings is 1. The third kappa shape index (κ3) is 3.04. The molecule has 0 unspecified atom stereocenters. The molecule has 130 valence electrons. The van der Waals surface area contributed by atoms with Crippen LogP contribution in [0.1, 0.15) is 23.2 Å². The van der Waals surface area contributed by atoms with E-state index >= 15 is 0 Å². The maximum absolute atomic E-state index is 12.4. The predicted octanol–water partition coefficient (Wildman–Crippen LogP) is -0.197. The average Bonchev–Trinajstić information content (AvgIpc) is 3.19. The maximum Gasteiger partial charge on any atom is 0.255 e. The lowest BCUT2D eigenvalue weighted by Crippen LogP contribution is -2.51. The second-order valence-electron chi connectivity index (χ2n) is 6.74. The van der Waals surface area contributed by atoms with Gasteiger partial charge in [-0.3, -0.25) is 9.78 Å². The van der Waals surface area contributed by atoms with E-state index < -0.39 is 6.10 Å². The molecule has 3 saturated heterocycles. The van der Waals surface area contributed by atoms with Crippen LogP contribution < -0.4 is 5.32 Å². The minimum Gasteiger partial charge on any atom is -0.388 e. The maximum atomic E-state index is 12.4. The number of aliphatic hydroxyl groups excluding tert-OH is 1. The molecule has 0 aliphatic carbocycles. The molecule has 3 fully saturated rings. The van der Waals surface area contributed by atoms with Crippen molar-refractivity contribution in [2.24, 2.45) is 0 Å². The average molecular weight is 333 g/mol. The Morgan fingerprint density at radius 3 is 2.79 bits per heavy atom. The van der Waals surface area contributed by atoms with Crippen molar-refractivity contribution >= 4 is 5.91 Å². The van der Waals surface area contributed by atoms with Gasteiger partial charge >= 0.3 is 0 Å². The standard InChI is InChI=1S/C17H23N3O4/c21-14-10-24-15-13(9-23-16(14)15)19-12-3-6-20(7-4-12)17(22)11-2-1-5-18-8-11/h1-2,5,8,12-16,19,21H,3-4,6-7,9-10H2/t13-,14-,15+,16+/m0/s1. The molecule has 0 aromatic carbocycles. The van der Waals surface area contributed by atoms with Gasteiger partial charge in [0.25, 0.3) is 5.91 Å². The molecular weight excluding hydrogens is 310 g/mol. The molecule has 1 aromatic heterocycles. The summed E-state index contributed by atoms with van der Waals surface area (Å²) in [5.41, 5.74) is 0.643. The first-order valence-electron chi connectivity index (χ1n) is 8.59. The predicted molar refractivity (Wildman–Crippen MR) is 85.6 cm³/mol. The quantitative estimate of drug-likeness (QED) is 0.797. The molecule has 0 spiro atoms. The van der Waals surface area contributed by atoms with Crippen LogP contribution in [0.15, 0.2) is 24.5 Å². The fourth-order valence-electron chi connectivity index (χ4n) is 3.85. The third-order valence-corrected chi connectivity index (χ3v) is 5.17. The number of aromatic nitrogens is 1. The Morgan fingerprint density at radius 2 is 2.04 bits per heavy atom. The van der Waals surface area contributed by atoms with E-state index in [2.05, 4.69) is 10.3 Å². The first kappa shape index (κ1) is 16.0. The highest BCUT2D eigenvalue weighted by molar-refractivity contribution is 5.93. The molecule has 3 aliphatic rings. The zero-order valence-corrected chi connectivity index (χ0v) is 13.5. The van der Waals surface area contributed by atoms with Gasteiger partial charge < -0.3 is 24.8 Å². The summed E-state index contributed by atoms with van der Waals surface area (Å²) in [7, 11) is 0. The number of carbonyl (C=O) groups excluding carboxylic acids is 1. The summed E-state index contributed by atoms with van der Waals surface area (Å²) in [5.74, 6) is 0.0491. The normalized spacial score (nSPS) is 33.6. The van der Waals surface area contributed by atoms with E-state index in [4.69, 9.17) is 9.47 Å². The van der Waals surface area contributed by atoms with Gasteiger partial charge in [0.2, 0.25) is 0 Å². The third-order valence-electron chi connectivity index (χ3n) is 5.17. The zero-order chi connectivity index (χ0) is 16.5. The number of hydrogen-bond acceptors (Lipinski definition) is 6. The Bertz CT molecular complexity index is 576. The number of fused-ring (bicyclic) bond motifs is 1. The molecule has 0 bridgehead atoms. The van der Waals surface area contributed by atoms with Gasteiger partial charge in [-0.25, -0.2) is 0 Å². The minimum absolute atomic E-state index is 0.0491. The fourth-order valence-corrected chi connectivity index (χ4v) is 3.85. The Hall–Kier alpha value is -1.54. The number of amides is 1. The summed E-state index contributed by atoms with van der Waals surface area (Å²) in [6.45, 7) is 2.39. The number of aliphatic hydroxyl groups is 1. The fraction of sp³-hybridized carbons (Fsp3) is 0.647. The monoisotopic (exact) mass is 333 g/mol. The Labute approximate surface area is 141 Å². The van der Waals surface area contributed by atoms with E-state index in [1.807, 2.05) is 4.90 Å². The lowest BCUT2D eigenvalue weighted by Gasteiger charge is -2.34. The molecular formula is C17H23N3O4. The molecule has 7 heteroatoms. The van der Waals surface area contributed by atoms with Crippen LogP contribution in [0.5, 0.6) is 0 Å². The van der Waals surface area contributed by atoms with Crippen molar-refractivity contribution in [3.8, 4) is 0 Å². The second kappa shape index (κ2) is 6.76.